The van der Waals surface area contributed by atoms with Gasteiger partial charge >= 0.3 is 0 Å². The highest BCUT2D eigenvalue weighted by Gasteiger charge is 2.44. The van der Waals surface area contributed by atoms with E-state index in [9.17, 15) is 23.4 Å². The first-order valence-electron chi connectivity index (χ1n) is 9.68. The van der Waals surface area contributed by atoms with E-state index in [-0.39, 0.29) is 29.8 Å². The van der Waals surface area contributed by atoms with Crippen LogP contribution in [0.2, 0.25) is 0 Å². The Morgan fingerprint density at radius 1 is 1.24 bits per heavy atom. The summed E-state index contributed by atoms with van der Waals surface area (Å²) in [5, 5.41) is 20.5. The third kappa shape index (κ3) is 5.14. The van der Waals surface area contributed by atoms with Gasteiger partial charge in [-0.05, 0) is 25.0 Å². The van der Waals surface area contributed by atoms with Gasteiger partial charge in [-0.25, -0.2) is 13.1 Å². The number of aliphatic hydroxyl groups excluding tert-OH is 2. The SMILES string of the molecule is COC[C@H]1CCCN1C(=O)C[C@@H]1O[C@H](CNS(=O)(=O)c2ccccc2)[C@@H](O)[C@H]1O. The number of carbonyl (C=O) groups is 1. The molecule has 2 aliphatic rings. The number of hydrogen-bond donors (Lipinski definition) is 3. The summed E-state index contributed by atoms with van der Waals surface area (Å²) < 4.78 is 37.8. The topological polar surface area (TPSA) is 125 Å². The number of ether oxygens (including phenoxy) is 2. The lowest BCUT2D eigenvalue weighted by Crippen LogP contribution is -2.42. The van der Waals surface area contributed by atoms with Crippen molar-refractivity contribution in [2.75, 3.05) is 26.8 Å². The molecule has 1 amide bonds. The van der Waals surface area contributed by atoms with Gasteiger partial charge in [-0.2, -0.15) is 0 Å². The number of nitrogens with one attached hydrogen (secondary N) is 1. The van der Waals surface area contributed by atoms with E-state index in [1.807, 2.05) is 0 Å². The Morgan fingerprint density at radius 2 is 1.93 bits per heavy atom. The van der Waals surface area contributed by atoms with Gasteiger partial charge in [0.1, 0.15) is 18.3 Å². The van der Waals surface area contributed by atoms with Crippen LogP contribution in [-0.4, -0.2) is 86.7 Å². The Labute approximate surface area is 170 Å². The minimum absolute atomic E-state index is 0.00412. The van der Waals surface area contributed by atoms with Gasteiger partial charge in [0.25, 0.3) is 0 Å². The van der Waals surface area contributed by atoms with Gasteiger partial charge in [0.15, 0.2) is 0 Å². The number of carbonyl (C=O) groups excluding carboxylic acids is 1. The molecule has 9 nitrogen and oxygen atoms in total. The number of rotatable bonds is 8. The Balaban J connectivity index is 1.56. The lowest BCUT2D eigenvalue weighted by atomic mass is 10.0. The van der Waals surface area contributed by atoms with Crippen LogP contribution in [0.3, 0.4) is 0 Å². The summed E-state index contributed by atoms with van der Waals surface area (Å²) in [5.74, 6) is -0.175. The maximum Gasteiger partial charge on any atom is 0.240 e. The predicted octanol–water partition coefficient (Wildman–Crippen LogP) is -0.518. The second-order valence-corrected chi connectivity index (χ2v) is 9.17. The molecule has 3 N–H and O–H groups in total. The molecule has 1 aromatic rings. The fourth-order valence-corrected chi connectivity index (χ4v) is 4.92. The van der Waals surface area contributed by atoms with Crippen molar-refractivity contribution in [1.29, 1.82) is 0 Å². The van der Waals surface area contributed by atoms with Gasteiger partial charge in [-0.3, -0.25) is 4.79 Å². The number of sulfonamides is 1. The zero-order chi connectivity index (χ0) is 21.0. The molecular weight excluding hydrogens is 400 g/mol. The number of benzene rings is 1. The van der Waals surface area contributed by atoms with Crippen LogP contribution in [0.5, 0.6) is 0 Å². The third-order valence-corrected chi connectivity index (χ3v) is 6.86. The minimum Gasteiger partial charge on any atom is -0.388 e. The molecule has 3 rings (SSSR count). The van der Waals surface area contributed by atoms with Gasteiger partial charge < -0.3 is 24.6 Å². The fraction of sp³-hybridized carbons (Fsp3) is 0.632. The van der Waals surface area contributed by atoms with Crippen molar-refractivity contribution in [3.8, 4) is 0 Å². The second kappa shape index (κ2) is 9.50. The summed E-state index contributed by atoms with van der Waals surface area (Å²) >= 11 is 0. The number of likely N-dealkylation sites (tertiary alicyclic amines) is 1. The molecule has 2 saturated heterocycles. The Hall–Kier alpha value is -1.56. The van der Waals surface area contributed by atoms with E-state index >= 15 is 0 Å². The first kappa shape index (κ1) is 22.1. The quantitative estimate of drug-likeness (QED) is 0.509. The van der Waals surface area contributed by atoms with Gasteiger partial charge in [0.2, 0.25) is 15.9 Å². The van der Waals surface area contributed by atoms with Crippen molar-refractivity contribution in [3.63, 3.8) is 0 Å². The highest BCUT2D eigenvalue weighted by Crippen LogP contribution is 2.26. The summed E-state index contributed by atoms with van der Waals surface area (Å²) in [6, 6.07) is 7.84. The highest BCUT2D eigenvalue weighted by molar-refractivity contribution is 7.89. The average Bonchev–Trinajstić information content (AvgIpc) is 3.28. The highest BCUT2D eigenvalue weighted by atomic mass is 32.2. The molecule has 29 heavy (non-hydrogen) atoms. The van der Waals surface area contributed by atoms with Crippen molar-refractivity contribution in [3.05, 3.63) is 30.3 Å². The molecule has 0 unspecified atom stereocenters. The minimum atomic E-state index is -3.77. The van der Waals surface area contributed by atoms with Crippen molar-refractivity contribution < 1.29 is 32.9 Å². The molecule has 10 heteroatoms. The lowest BCUT2D eigenvalue weighted by Gasteiger charge is -2.26. The summed E-state index contributed by atoms with van der Waals surface area (Å²) in [7, 11) is -2.18. The van der Waals surface area contributed by atoms with Crippen molar-refractivity contribution in [1.82, 2.24) is 9.62 Å². The van der Waals surface area contributed by atoms with Crippen LogP contribution in [-0.2, 0) is 24.3 Å². The largest absolute Gasteiger partial charge is 0.388 e. The van der Waals surface area contributed by atoms with Crippen LogP contribution >= 0.6 is 0 Å². The van der Waals surface area contributed by atoms with Crippen LogP contribution in [0.15, 0.2) is 35.2 Å². The molecule has 0 aromatic heterocycles. The van der Waals surface area contributed by atoms with E-state index in [2.05, 4.69) is 4.72 Å². The normalized spacial score (nSPS) is 30.0. The zero-order valence-corrected chi connectivity index (χ0v) is 17.1. The van der Waals surface area contributed by atoms with Crippen molar-refractivity contribution in [2.45, 2.75) is 54.6 Å². The molecular formula is C19H28N2O7S. The Bertz CT molecular complexity index is 789. The van der Waals surface area contributed by atoms with Crippen LogP contribution in [0, 0.1) is 0 Å². The molecule has 0 radical (unpaired) electrons. The lowest BCUT2D eigenvalue weighted by molar-refractivity contribution is -0.137. The van der Waals surface area contributed by atoms with E-state index in [1.54, 1.807) is 30.2 Å². The molecule has 2 aliphatic heterocycles. The summed E-state index contributed by atoms with van der Waals surface area (Å²) in [4.78, 5) is 14.4. The zero-order valence-electron chi connectivity index (χ0n) is 16.3. The van der Waals surface area contributed by atoms with E-state index in [0.29, 0.717) is 13.2 Å². The van der Waals surface area contributed by atoms with Crippen LogP contribution in [0.25, 0.3) is 0 Å². The predicted molar refractivity (Wildman–Crippen MR) is 104 cm³/mol. The molecule has 0 aliphatic carbocycles. The van der Waals surface area contributed by atoms with Gasteiger partial charge in [-0.1, -0.05) is 18.2 Å². The van der Waals surface area contributed by atoms with Gasteiger partial charge in [0.05, 0.1) is 30.1 Å². The molecule has 0 saturated carbocycles. The maximum absolute atomic E-state index is 12.6. The van der Waals surface area contributed by atoms with E-state index in [1.165, 1.54) is 12.1 Å². The summed E-state index contributed by atoms with van der Waals surface area (Å²) in [5.41, 5.74) is 0. The van der Waals surface area contributed by atoms with Crippen LogP contribution in [0.1, 0.15) is 19.3 Å². The van der Waals surface area contributed by atoms with Crippen LogP contribution < -0.4 is 4.72 Å². The Morgan fingerprint density at radius 3 is 2.62 bits per heavy atom. The number of amides is 1. The molecule has 1 aromatic carbocycles. The second-order valence-electron chi connectivity index (χ2n) is 7.40. The first-order chi connectivity index (χ1) is 13.8. The fourth-order valence-electron chi connectivity index (χ4n) is 3.86. The van der Waals surface area contributed by atoms with E-state index in [0.717, 1.165) is 12.8 Å². The molecule has 162 valence electrons. The molecule has 5 atom stereocenters. The number of hydrogen-bond acceptors (Lipinski definition) is 7. The van der Waals surface area contributed by atoms with Crippen LogP contribution in [0.4, 0.5) is 0 Å². The molecule has 0 bridgehead atoms. The van der Waals surface area contributed by atoms with E-state index in [4.69, 9.17) is 9.47 Å². The average molecular weight is 429 g/mol. The molecule has 2 fully saturated rings. The third-order valence-electron chi connectivity index (χ3n) is 5.42. The summed E-state index contributed by atoms with van der Waals surface area (Å²) in [6.07, 6.45) is -2.74. The summed E-state index contributed by atoms with van der Waals surface area (Å²) in [6.45, 7) is 0.862. The van der Waals surface area contributed by atoms with Gasteiger partial charge in [0, 0.05) is 20.2 Å². The number of nitrogens with zero attached hydrogens (tertiary/aromatic N) is 1. The standard InChI is InChI=1S/C19H28N2O7S/c1-27-12-13-6-5-9-21(13)17(22)10-15-18(23)19(24)16(28-15)11-20-29(25,26)14-7-3-2-4-8-14/h2-4,7-8,13,15-16,18-20,23-24H,5-6,9-12H2,1H3/t13-,15+,16-,18+,19-/m1/s1. The van der Waals surface area contributed by atoms with Gasteiger partial charge in [-0.15, -0.1) is 0 Å². The number of aliphatic hydroxyl groups is 2. The number of methoxy groups -OCH3 is 1. The molecule has 2 heterocycles. The first-order valence-corrected chi connectivity index (χ1v) is 11.2. The maximum atomic E-state index is 12.6. The smallest absolute Gasteiger partial charge is 0.240 e. The molecule has 0 spiro atoms. The van der Waals surface area contributed by atoms with Crippen molar-refractivity contribution in [2.24, 2.45) is 0 Å². The Kier molecular flexibility index (Phi) is 7.25. The van der Waals surface area contributed by atoms with E-state index < -0.39 is 34.4 Å². The monoisotopic (exact) mass is 428 g/mol. The van der Waals surface area contributed by atoms with Crippen molar-refractivity contribution >= 4 is 15.9 Å².